The number of aromatic nitrogens is 2. The van der Waals surface area contributed by atoms with Gasteiger partial charge >= 0.3 is 0 Å². The van der Waals surface area contributed by atoms with E-state index in [1.807, 2.05) is 18.0 Å². The molecule has 110 valence electrons. The molecular formula is C16H18BrN3O. The summed E-state index contributed by atoms with van der Waals surface area (Å²) in [5, 5.41) is 4.07. The number of amides is 1. The maximum atomic E-state index is 12.4. The quantitative estimate of drug-likeness (QED) is 0.836. The number of carbonyl (C=O) groups is 1. The van der Waals surface area contributed by atoms with Crippen molar-refractivity contribution >= 4 is 21.8 Å². The van der Waals surface area contributed by atoms with E-state index in [0.29, 0.717) is 11.6 Å². The zero-order chi connectivity index (χ0) is 14.8. The van der Waals surface area contributed by atoms with Crippen LogP contribution in [0.1, 0.15) is 34.8 Å². The van der Waals surface area contributed by atoms with Gasteiger partial charge in [0.15, 0.2) is 0 Å². The first kappa shape index (κ1) is 14.3. The lowest BCUT2D eigenvalue weighted by Crippen LogP contribution is -2.38. The largest absolute Gasteiger partial charge is 0.337 e. The van der Waals surface area contributed by atoms with Crippen LogP contribution < -0.4 is 0 Å². The summed E-state index contributed by atoms with van der Waals surface area (Å²) in [4.78, 5) is 14.4. The van der Waals surface area contributed by atoms with E-state index in [1.165, 1.54) is 5.56 Å². The number of carbonyl (C=O) groups excluding carboxylic acids is 1. The van der Waals surface area contributed by atoms with E-state index in [1.54, 1.807) is 16.9 Å². The van der Waals surface area contributed by atoms with Gasteiger partial charge in [-0.2, -0.15) is 5.10 Å². The number of benzene rings is 1. The first-order valence-corrected chi connectivity index (χ1v) is 7.97. The van der Waals surface area contributed by atoms with Gasteiger partial charge in [0, 0.05) is 30.8 Å². The summed E-state index contributed by atoms with van der Waals surface area (Å²) < 4.78 is 2.76. The molecule has 1 aliphatic rings. The van der Waals surface area contributed by atoms with Crippen molar-refractivity contribution in [2.75, 3.05) is 13.1 Å². The van der Waals surface area contributed by atoms with Crippen molar-refractivity contribution in [2.24, 2.45) is 7.05 Å². The summed E-state index contributed by atoms with van der Waals surface area (Å²) in [6.45, 7) is 1.61. The average molecular weight is 348 g/mol. The highest BCUT2D eigenvalue weighted by Crippen LogP contribution is 2.30. The lowest BCUT2D eigenvalue weighted by atomic mass is 9.89. The van der Waals surface area contributed by atoms with Gasteiger partial charge in [0.25, 0.3) is 5.91 Å². The Balaban J connectivity index is 1.65. The fourth-order valence-electron chi connectivity index (χ4n) is 2.92. The highest BCUT2D eigenvalue weighted by molar-refractivity contribution is 9.10. The highest BCUT2D eigenvalue weighted by Gasteiger charge is 2.25. The van der Waals surface area contributed by atoms with Crippen LogP contribution in [0.3, 0.4) is 0 Å². The summed E-state index contributed by atoms with van der Waals surface area (Å²) in [6.07, 6.45) is 3.70. The molecule has 0 N–H and O–H groups in total. The molecule has 1 saturated heterocycles. The summed E-state index contributed by atoms with van der Waals surface area (Å²) in [5.41, 5.74) is 2.02. The van der Waals surface area contributed by atoms with Gasteiger partial charge in [0.2, 0.25) is 0 Å². The van der Waals surface area contributed by atoms with Crippen LogP contribution in [0.5, 0.6) is 0 Å². The number of rotatable bonds is 2. The maximum absolute atomic E-state index is 12.4. The van der Waals surface area contributed by atoms with Gasteiger partial charge in [0.1, 0.15) is 5.69 Å². The molecule has 21 heavy (non-hydrogen) atoms. The molecule has 1 fully saturated rings. The number of nitrogens with zero attached hydrogens (tertiary/aromatic N) is 3. The summed E-state index contributed by atoms with van der Waals surface area (Å²) in [7, 11) is 1.81. The minimum absolute atomic E-state index is 0.0858. The predicted molar refractivity (Wildman–Crippen MR) is 85.2 cm³/mol. The molecule has 1 aromatic carbocycles. The summed E-state index contributed by atoms with van der Waals surface area (Å²) in [6, 6.07) is 10.3. The molecule has 0 aliphatic carbocycles. The molecule has 1 aromatic heterocycles. The van der Waals surface area contributed by atoms with E-state index >= 15 is 0 Å². The molecule has 0 unspecified atom stereocenters. The number of halogens is 1. The highest BCUT2D eigenvalue weighted by atomic mass is 79.9. The van der Waals surface area contributed by atoms with Gasteiger partial charge in [-0.25, -0.2) is 0 Å². The number of hydrogen-bond acceptors (Lipinski definition) is 2. The minimum Gasteiger partial charge on any atom is -0.337 e. The molecule has 0 radical (unpaired) electrons. The second-order valence-electron chi connectivity index (χ2n) is 5.46. The van der Waals surface area contributed by atoms with Crippen molar-refractivity contribution in [3.63, 3.8) is 0 Å². The van der Waals surface area contributed by atoms with Crippen molar-refractivity contribution in [2.45, 2.75) is 18.8 Å². The molecule has 0 bridgehead atoms. The second-order valence-corrected chi connectivity index (χ2v) is 6.38. The summed E-state index contributed by atoms with van der Waals surface area (Å²) in [5.74, 6) is 0.626. The molecule has 4 nitrogen and oxygen atoms in total. The van der Waals surface area contributed by atoms with Gasteiger partial charge in [-0.05, 0) is 42.5 Å². The van der Waals surface area contributed by atoms with Gasteiger partial charge < -0.3 is 4.90 Å². The first-order valence-electron chi connectivity index (χ1n) is 7.18. The smallest absolute Gasteiger partial charge is 0.272 e. The normalized spacial score (nSPS) is 16.2. The van der Waals surface area contributed by atoms with Crippen molar-refractivity contribution in [3.05, 3.63) is 52.3 Å². The topological polar surface area (TPSA) is 38.1 Å². The van der Waals surface area contributed by atoms with E-state index in [0.717, 1.165) is 30.4 Å². The molecule has 1 amide bonds. The zero-order valence-electron chi connectivity index (χ0n) is 12.0. The second kappa shape index (κ2) is 6.02. The van der Waals surface area contributed by atoms with Crippen LogP contribution >= 0.6 is 15.9 Å². The lowest BCUT2D eigenvalue weighted by Gasteiger charge is -2.32. The number of hydrogen-bond donors (Lipinski definition) is 0. The predicted octanol–water partition coefficient (Wildman–Crippen LogP) is 3.20. The molecule has 0 saturated carbocycles. The monoisotopic (exact) mass is 347 g/mol. The standard InChI is InChI=1S/C16H18BrN3O/c1-19-15(5-8-18-19)16(21)20-9-6-12(7-10-20)13-3-2-4-14(17)11-13/h2-5,8,11-12H,6-7,9-10H2,1H3. The van der Waals surface area contributed by atoms with Crippen molar-refractivity contribution in [1.29, 1.82) is 0 Å². The SMILES string of the molecule is Cn1nccc1C(=O)N1CCC(c2cccc(Br)c2)CC1. The molecule has 2 heterocycles. The van der Waals surface area contributed by atoms with Crippen LogP contribution in [0, 0.1) is 0 Å². The Morgan fingerprint density at radius 2 is 2.05 bits per heavy atom. The third-order valence-corrected chi connectivity index (χ3v) is 4.64. The van der Waals surface area contributed by atoms with Crippen LogP contribution in [0.4, 0.5) is 0 Å². The fraction of sp³-hybridized carbons (Fsp3) is 0.375. The van der Waals surface area contributed by atoms with E-state index in [4.69, 9.17) is 0 Å². The Kier molecular flexibility index (Phi) is 4.10. The Bertz CT molecular complexity index is 644. The third kappa shape index (κ3) is 3.02. The van der Waals surface area contributed by atoms with Gasteiger partial charge in [-0.3, -0.25) is 9.48 Å². The van der Waals surface area contributed by atoms with E-state index in [9.17, 15) is 4.79 Å². The zero-order valence-corrected chi connectivity index (χ0v) is 13.6. The van der Waals surface area contributed by atoms with E-state index in [-0.39, 0.29) is 5.91 Å². The van der Waals surface area contributed by atoms with Crippen LogP contribution in [0.25, 0.3) is 0 Å². The molecule has 5 heteroatoms. The van der Waals surface area contributed by atoms with Crippen LogP contribution in [-0.2, 0) is 7.05 Å². The van der Waals surface area contributed by atoms with Gasteiger partial charge in [-0.1, -0.05) is 28.1 Å². The molecule has 2 aromatic rings. The minimum atomic E-state index is 0.0858. The average Bonchev–Trinajstić information content (AvgIpc) is 2.93. The lowest BCUT2D eigenvalue weighted by molar-refractivity contribution is 0.0702. The van der Waals surface area contributed by atoms with Crippen molar-refractivity contribution in [3.8, 4) is 0 Å². The molecule has 3 rings (SSSR count). The molecule has 0 atom stereocenters. The number of likely N-dealkylation sites (tertiary alicyclic amines) is 1. The van der Waals surface area contributed by atoms with Crippen LogP contribution in [0.15, 0.2) is 41.0 Å². The van der Waals surface area contributed by atoms with Crippen molar-refractivity contribution in [1.82, 2.24) is 14.7 Å². The summed E-state index contributed by atoms with van der Waals surface area (Å²) >= 11 is 3.52. The Hall–Kier alpha value is -1.62. The Morgan fingerprint density at radius 3 is 2.67 bits per heavy atom. The maximum Gasteiger partial charge on any atom is 0.272 e. The van der Waals surface area contributed by atoms with Crippen molar-refractivity contribution < 1.29 is 4.79 Å². The molecular weight excluding hydrogens is 330 g/mol. The van der Waals surface area contributed by atoms with Gasteiger partial charge in [-0.15, -0.1) is 0 Å². The number of aryl methyl sites for hydroxylation is 1. The Morgan fingerprint density at radius 1 is 1.29 bits per heavy atom. The van der Waals surface area contributed by atoms with E-state index in [2.05, 4.69) is 39.2 Å². The number of piperidine rings is 1. The van der Waals surface area contributed by atoms with Crippen LogP contribution in [0.2, 0.25) is 0 Å². The van der Waals surface area contributed by atoms with E-state index < -0.39 is 0 Å². The van der Waals surface area contributed by atoms with Crippen LogP contribution in [-0.4, -0.2) is 33.7 Å². The van der Waals surface area contributed by atoms with Gasteiger partial charge in [0.05, 0.1) is 0 Å². The third-order valence-electron chi connectivity index (χ3n) is 4.14. The molecule has 1 aliphatic heterocycles. The first-order chi connectivity index (χ1) is 10.1. The Labute approximate surface area is 132 Å². The molecule has 0 spiro atoms. The fourth-order valence-corrected chi connectivity index (χ4v) is 3.34.